The molecule has 0 saturated heterocycles. The Morgan fingerprint density at radius 3 is 1.83 bits per heavy atom. The van der Waals surface area contributed by atoms with Crippen LogP contribution in [0.4, 0.5) is 0 Å². The Bertz CT molecular complexity index is 310. The summed E-state index contributed by atoms with van der Waals surface area (Å²) in [4.78, 5) is 0. The molecule has 1 aromatic rings. The lowest BCUT2D eigenvalue weighted by Gasteiger charge is -2.33. The summed E-state index contributed by atoms with van der Waals surface area (Å²) in [5, 5.41) is 8.74. The van der Waals surface area contributed by atoms with Gasteiger partial charge in [-0.1, -0.05) is 56.0 Å². The highest BCUT2D eigenvalue weighted by atomic mass is 79.9. The van der Waals surface area contributed by atoms with Crippen LogP contribution in [0.1, 0.15) is 52.9 Å². The third-order valence-corrected chi connectivity index (χ3v) is 4.19. The minimum Gasteiger partial charge on any atom is -0.508 e. The van der Waals surface area contributed by atoms with Crippen molar-refractivity contribution in [3.63, 3.8) is 0 Å². The molecule has 2 heteroatoms. The van der Waals surface area contributed by atoms with Crippen LogP contribution >= 0.6 is 15.9 Å². The molecule has 0 spiro atoms. The number of aromatic hydroxyl groups is 1. The van der Waals surface area contributed by atoms with Gasteiger partial charge in [-0.25, -0.2) is 0 Å². The first-order valence-electron chi connectivity index (χ1n) is 6.84. The molecule has 18 heavy (non-hydrogen) atoms. The fourth-order valence-corrected chi connectivity index (χ4v) is 2.67. The quantitative estimate of drug-likeness (QED) is 0.645. The largest absolute Gasteiger partial charge is 0.508 e. The van der Waals surface area contributed by atoms with Gasteiger partial charge in [0.25, 0.3) is 0 Å². The lowest BCUT2D eigenvalue weighted by molar-refractivity contribution is 0.180. The first-order chi connectivity index (χ1) is 8.39. The van der Waals surface area contributed by atoms with Crippen LogP contribution in [0, 0.1) is 11.3 Å². The average molecular weight is 313 g/mol. The fraction of sp³-hybridized carbons (Fsp3) is 0.625. The van der Waals surface area contributed by atoms with Crippen molar-refractivity contribution >= 4 is 15.9 Å². The minimum atomic E-state index is 0.299. The number of hydrogen-bond donors (Lipinski definition) is 1. The van der Waals surface area contributed by atoms with Crippen LogP contribution in [-0.4, -0.2) is 5.11 Å². The van der Waals surface area contributed by atoms with Gasteiger partial charge in [0.1, 0.15) is 5.75 Å². The molecule has 1 saturated carbocycles. The maximum absolute atomic E-state index is 8.74. The number of rotatable bonds is 0. The molecule has 102 valence electrons. The van der Waals surface area contributed by atoms with E-state index in [0.717, 1.165) is 10.4 Å². The van der Waals surface area contributed by atoms with Gasteiger partial charge in [-0.3, -0.25) is 0 Å². The average Bonchev–Trinajstić information content (AvgIpc) is 2.34. The molecule has 1 aromatic carbocycles. The molecule has 0 aromatic heterocycles. The first-order valence-corrected chi connectivity index (χ1v) is 7.63. The van der Waals surface area contributed by atoms with Gasteiger partial charge in [-0.2, -0.15) is 0 Å². The minimum absolute atomic E-state index is 0.299. The second-order valence-electron chi connectivity index (χ2n) is 6.18. The SMILES string of the molecule is CC(C)(C)C1CCCCC1.Oc1ccc(Br)cc1. The smallest absolute Gasteiger partial charge is 0.115 e. The zero-order chi connectivity index (χ0) is 13.6. The predicted molar refractivity (Wildman–Crippen MR) is 81.8 cm³/mol. The van der Waals surface area contributed by atoms with Gasteiger partial charge in [0.15, 0.2) is 0 Å². The van der Waals surface area contributed by atoms with E-state index in [1.54, 1.807) is 24.3 Å². The molecule has 1 N–H and O–H groups in total. The second kappa shape index (κ2) is 7.18. The van der Waals surface area contributed by atoms with Crippen LogP contribution in [0.2, 0.25) is 0 Å². The summed E-state index contributed by atoms with van der Waals surface area (Å²) in [5.41, 5.74) is 0.570. The van der Waals surface area contributed by atoms with Gasteiger partial charge in [-0.15, -0.1) is 0 Å². The van der Waals surface area contributed by atoms with E-state index in [2.05, 4.69) is 36.7 Å². The monoisotopic (exact) mass is 312 g/mol. The normalized spacial score (nSPS) is 16.9. The Labute approximate surface area is 120 Å². The molecule has 1 nitrogen and oxygen atoms in total. The van der Waals surface area contributed by atoms with Crippen molar-refractivity contribution in [2.75, 3.05) is 0 Å². The summed E-state index contributed by atoms with van der Waals surface area (Å²) in [6.45, 7) is 7.13. The third-order valence-electron chi connectivity index (χ3n) is 3.66. The zero-order valence-electron chi connectivity index (χ0n) is 11.7. The van der Waals surface area contributed by atoms with Gasteiger partial charge >= 0.3 is 0 Å². The van der Waals surface area contributed by atoms with Crippen LogP contribution < -0.4 is 0 Å². The molecule has 0 bridgehead atoms. The van der Waals surface area contributed by atoms with E-state index in [0.29, 0.717) is 11.2 Å². The summed E-state index contributed by atoms with van der Waals surface area (Å²) in [6, 6.07) is 6.83. The third kappa shape index (κ3) is 5.90. The van der Waals surface area contributed by atoms with Crippen molar-refractivity contribution in [1.82, 2.24) is 0 Å². The van der Waals surface area contributed by atoms with E-state index in [9.17, 15) is 0 Å². The van der Waals surface area contributed by atoms with E-state index in [1.807, 2.05) is 0 Å². The molecule has 0 atom stereocenters. The highest BCUT2D eigenvalue weighted by molar-refractivity contribution is 9.10. The van der Waals surface area contributed by atoms with Crippen molar-refractivity contribution in [1.29, 1.82) is 0 Å². The summed E-state index contributed by atoms with van der Waals surface area (Å²) in [7, 11) is 0. The van der Waals surface area contributed by atoms with Crippen LogP contribution in [0.5, 0.6) is 5.75 Å². The van der Waals surface area contributed by atoms with Crippen LogP contribution in [0.15, 0.2) is 28.7 Å². The molecular formula is C16H25BrO. The Kier molecular flexibility index (Phi) is 6.20. The molecular weight excluding hydrogens is 288 g/mol. The molecule has 0 amide bonds. The van der Waals surface area contributed by atoms with Crippen LogP contribution in [-0.2, 0) is 0 Å². The van der Waals surface area contributed by atoms with E-state index in [1.165, 1.54) is 32.1 Å². The number of phenolic OH excluding ortho intramolecular Hbond substituents is 1. The standard InChI is InChI=1S/C10H20.C6H5BrO/c1-10(2,3)9-7-5-4-6-8-9;7-5-1-3-6(8)4-2-5/h9H,4-8H2,1-3H3;1-4,8H. The van der Waals surface area contributed by atoms with Gasteiger partial charge < -0.3 is 5.11 Å². The van der Waals surface area contributed by atoms with Crippen molar-refractivity contribution in [2.24, 2.45) is 11.3 Å². The Morgan fingerprint density at radius 2 is 1.50 bits per heavy atom. The lowest BCUT2D eigenvalue weighted by Crippen LogP contribution is -2.22. The topological polar surface area (TPSA) is 20.2 Å². The number of halogens is 1. The van der Waals surface area contributed by atoms with Crippen molar-refractivity contribution in [3.05, 3.63) is 28.7 Å². The molecule has 0 heterocycles. The number of phenols is 1. The molecule has 1 aliphatic rings. The first kappa shape index (κ1) is 15.6. The molecule has 2 rings (SSSR count). The maximum Gasteiger partial charge on any atom is 0.115 e. The van der Waals surface area contributed by atoms with Crippen molar-refractivity contribution < 1.29 is 5.11 Å². The second-order valence-corrected chi connectivity index (χ2v) is 7.09. The van der Waals surface area contributed by atoms with Gasteiger partial charge in [0.05, 0.1) is 0 Å². The molecule has 0 radical (unpaired) electrons. The van der Waals surface area contributed by atoms with E-state index in [4.69, 9.17) is 5.11 Å². The number of benzene rings is 1. The van der Waals surface area contributed by atoms with Crippen molar-refractivity contribution in [3.8, 4) is 5.75 Å². The lowest BCUT2D eigenvalue weighted by atomic mass is 9.72. The predicted octanol–water partition coefficient (Wildman–Crippen LogP) is 5.77. The van der Waals surface area contributed by atoms with Gasteiger partial charge in [0.2, 0.25) is 0 Å². The zero-order valence-corrected chi connectivity index (χ0v) is 13.3. The molecule has 0 unspecified atom stereocenters. The highest BCUT2D eigenvalue weighted by Gasteiger charge is 2.25. The van der Waals surface area contributed by atoms with Gasteiger partial charge in [-0.05, 0) is 48.4 Å². The summed E-state index contributed by atoms with van der Waals surface area (Å²) in [5.74, 6) is 1.30. The Balaban J connectivity index is 0.000000184. The molecule has 1 fully saturated rings. The van der Waals surface area contributed by atoms with E-state index >= 15 is 0 Å². The summed E-state index contributed by atoms with van der Waals surface area (Å²) in [6.07, 6.45) is 7.38. The van der Waals surface area contributed by atoms with E-state index in [-0.39, 0.29) is 0 Å². The van der Waals surface area contributed by atoms with E-state index < -0.39 is 0 Å². The molecule has 0 aliphatic heterocycles. The van der Waals surface area contributed by atoms with Crippen LogP contribution in [0.3, 0.4) is 0 Å². The maximum atomic E-state index is 8.74. The van der Waals surface area contributed by atoms with Crippen LogP contribution in [0.25, 0.3) is 0 Å². The molecule has 1 aliphatic carbocycles. The summed E-state index contributed by atoms with van der Waals surface area (Å²) >= 11 is 3.23. The number of hydrogen-bond acceptors (Lipinski definition) is 1. The highest BCUT2D eigenvalue weighted by Crippen LogP contribution is 2.37. The fourth-order valence-electron chi connectivity index (χ4n) is 2.41. The summed E-state index contributed by atoms with van der Waals surface area (Å²) < 4.78 is 0.982. The Hall–Kier alpha value is -0.500. The Morgan fingerprint density at radius 1 is 1.00 bits per heavy atom. The van der Waals surface area contributed by atoms with Gasteiger partial charge in [0, 0.05) is 4.47 Å². The van der Waals surface area contributed by atoms with Crippen molar-refractivity contribution in [2.45, 2.75) is 52.9 Å².